The zero-order chi connectivity index (χ0) is 21.4. The van der Waals surface area contributed by atoms with Gasteiger partial charge in [-0.05, 0) is 25.1 Å². The lowest BCUT2D eigenvalue weighted by atomic mass is 9.97. The third kappa shape index (κ3) is 3.37. The van der Waals surface area contributed by atoms with E-state index in [0.717, 1.165) is 13.1 Å². The molecule has 8 nitrogen and oxygen atoms in total. The molecule has 3 heterocycles. The number of likely N-dealkylation sites (N-methyl/N-ethyl adjacent to an activating group) is 1. The van der Waals surface area contributed by atoms with Gasteiger partial charge in [-0.2, -0.15) is 5.26 Å². The number of hydrogen-bond acceptors (Lipinski definition) is 5. The molecule has 1 aliphatic heterocycles. The predicted octanol–water partition coefficient (Wildman–Crippen LogP) is 2.07. The molecule has 0 aliphatic carbocycles. The Hall–Kier alpha value is -3.44. The highest BCUT2D eigenvalue weighted by molar-refractivity contribution is 5.95. The molecule has 4 rings (SSSR count). The lowest BCUT2D eigenvalue weighted by Crippen LogP contribution is -2.47. The van der Waals surface area contributed by atoms with Crippen LogP contribution in [0.2, 0.25) is 0 Å². The molecular weight excluding hydrogens is 380 g/mol. The molecule has 0 atom stereocenters. The van der Waals surface area contributed by atoms with E-state index in [2.05, 4.69) is 21.1 Å². The zero-order valence-electron chi connectivity index (χ0n) is 17.3. The molecule has 154 valence electrons. The van der Waals surface area contributed by atoms with E-state index in [0.29, 0.717) is 41.0 Å². The summed E-state index contributed by atoms with van der Waals surface area (Å²) in [6.45, 7) is 6.95. The van der Waals surface area contributed by atoms with Crippen molar-refractivity contribution in [3.8, 4) is 17.3 Å². The van der Waals surface area contributed by atoms with E-state index < -0.39 is 0 Å². The molecule has 1 aromatic carbocycles. The minimum Gasteiger partial charge on any atom is -0.336 e. The van der Waals surface area contributed by atoms with Crippen LogP contribution in [0.3, 0.4) is 0 Å². The van der Waals surface area contributed by atoms with Gasteiger partial charge >= 0.3 is 0 Å². The number of aromatic nitrogens is 3. The minimum absolute atomic E-state index is 0.0202. The third-order valence-corrected chi connectivity index (χ3v) is 5.57. The molecule has 0 saturated carbocycles. The molecule has 0 unspecified atom stereocenters. The largest absolute Gasteiger partial charge is 0.336 e. The van der Waals surface area contributed by atoms with E-state index in [1.807, 2.05) is 37.9 Å². The van der Waals surface area contributed by atoms with Crippen LogP contribution in [0.4, 0.5) is 0 Å². The van der Waals surface area contributed by atoms with Crippen molar-refractivity contribution in [3.05, 3.63) is 57.5 Å². The Morgan fingerprint density at radius 2 is 1.97 bits per heavy atom. The second kappa shape index (κ2) is 7.76. The third-order valence-electron chi connectivity index (χ3n) is 5.57. The van der Waals surface area contributed by atoms with E-state index in [-0.39, 0.29) is 23.0 Å². The molecule has 3 aromatic rings. The predicted molar refractivity (Wildman–Crippen MR) is 113 cm³/mol. The number of rotatable bonds is 3. The first-order chi connectivity index (χ1) is 14.4. The van der Waals surface area contributed by atoms with Crippen molar-refractivity contribution in [2.24, 2.45) is 0 Å². The Bertz CT molecular complexity index is 1210. The number of H-pyrrole nitrogens is 1. The van der Waals surface area contributed by atoms with Crippen LogP contribution in [0.15, 0.2) is 35.3 Å². The van der Waals surface area contributed by atoms with Crippen molar-refractivity contribution >= 4 is 11.6 Å². The summed E-state index contributed by atoms with van der Waals surface area (Å²) in [6, 6.07) is 9.32. The Morgan fingerprint density at radius 1 is 1.23 bits per heavy atom. The van der Waals surface area contributed by atoms with Gasteiger partial charge in [0.1, 0.15) is 11.6 Å². The lowest BCUT2D eigenvalue weighted by molar-refractivity contribution is 0.0664. The molecule has 1 amide bonds. The van der Waals surface area contributed by atoms with Gasteiger partial charge in [-0.1, -0.05) is 26.0 Å². The van der Waals surface area contributed by atoms with Crippen LogP contribution in [0.1, 0.15) is 41.3 Å². The summed E-state index contributed by atoms with van der Waals surface area (Å²) in [5, 5.41) is 12.2. The van der Waals surface area contributed by atoms with Crippen LogP contribution in [-0.2, 0) is 0 Å². The van der Waals surface area contributed by atoms with Crippen LogP contribution in [0.5, 0.6) is 0 Å². The molecule has 8 heteroatoms. The number of carbonyl (C=O) groups excluding carboxylic acids is 1. The van der Waals surface area contributed by atoms with Crippen molar-refractivity contribution in [2.75, 3.05) is 33.2 Å². The highest BCUT2D eigenvalue weighted by Crippen LogP contribution is 2.27. The van der Waals surface area contributed by atoms with Crippen LogP contribution < -0.4 is 5.56 Å². The summed E-state index contributed by atoms with van der Waals surface area (Å²) in [6.07, 6.45) is 1.48. The number of aromatic amines is 1. The number of fused-ring (bicyclic) bond motifs is 1. The molecule has 0 bridgehead atoms. The maximum absolute atomic E-state index is 13.1. The van der Waals surface area contributed by atoms with E-state index >= 15 is 0 Å². The van der Waals surface area contributed by atoms with Crippen molar-refractivity contribution < 1.29 is 4.79 Å². The van der Waals surface area contributed by atoms with Gasteiger partial charge in [0.2, 0.25) is 0 Å². The lowest BCUT2D eigenvalue weighted by Gasteiger charge is -2.32. The van der Waals surface area contributed by atoms with Gasteiger partial charge in [-0.3, -0.25) is 14.7 Å². The monoisotopic (exact) mass is 404 g/mol. The number of hydrogen-bond donors (Lipinski definition) is 1. The highest BCUT2D eigenvalue weighted by atomic mass is 16.2. The fourth-order valence-electron chi connectivity index (χ4n) is 3.84. The van der Waals surface area contributed by atoms with Crippen molar-refractivity contribution in [1.82, 2.24) is 24.4 Å². The molecule has 1 fully saturated rings. The van der Waals surface area contributed by atoms with Crippen LogP contribution in [-0.4, -0.2) is 63.5 Å². The molecule has 0 radical (unpaired) electrons. The van der Waals surface area contributed by atoms with Gasteiger partial charge in [-0.15, -0.1) is 0 Å². The van der Waals surface area contributed by atoms with Gasteiger partial charge in [0, 0.05) is 49.1 Å². The fraction of sp³-hybridized carbons (Fsp3) is 0.364. The van der Waals surface area contributed by atoms with Crippen molar-refractivity contribution in [2.45, 2.75) is 19.8 Å². The minimum atomic E-state index is -0.234. The van der Waals surface area contributed by atoms with Crippen LogP contribution in [0.25, 0.3) is 16.9 Å². The fourth-order valence-corrected chi connectivity index (χ4v) is 3.84. The first-order valence-electron chi connectivity index (χ1n) is 10.0. The van der Waals surface area contributed by atoms with Crippen molar-refractivity contribution in [3.63, 3.8) is 0 Å². The quantitative estimate of drug-likeness (QED) is 0.721. The Balaban J connectivity index is 1.82. The number of nitrogens with one attached hydrogen (secondary N) is 1. The SMILES string of the molecule is CC(C)c1c(-c2cccc(C(=O)N3CCN(C)CC3)c2)nc2c(C#N)c[nH]n2c1=O. The maximum atomic E-state index is 13.1. The average Bonchev–Trinajstić information content (AvgIpc) is 3.17. The molecule has 0 spiro atoms. The second-order valence-electron chi connectivity index (χ2n) is 7.97. The number of amides is 1. The summed E-state index contributed by atoms with van der Waals surface area (Å²) >= 11 is 0. The molecule has 2 aromatic heterocycles. The first kappa shape index (κ1) is 19.9. The van der Waals surface area contributed by atoms with Gasteiger partial charge in [0.25, 0.3) is 11.5 Å². The van der Waals surface area contributed by atoms with Crippen molar-refractivity contribution in [1.29, 1.82) is 5.26 Å². The Kier molecular flexibility index (Phi) is 5.14. The molecule has 30 heavy (non-hydrogen) atoms. The van der Waals surface area contributed by atoms with Crippen LogP contribution in [0, 0.1) is 11.3 Å². The standard InChI is InChI=1S/C22H24N6O2/c1-14(2)18-19(25-20-17(12-23)13-24-28(20)22(18)30)15-5-4-6-16(11-15)21(29)27-9-7-26(3)8-10-27/h4-6,11,13-14,24H,7-10H2,1-3H3. The number of nitriles is 1. The van der Waals surface area contributed by atoms with E-state index in [9.17, 15) is 14.9 Å². The molecule has 1 aliphatic rings. The Labute approximate surface area is 174 Å². The summed E-state index contributed by atoms with van der Waals surface area (Å²) in [4.78, 5) is 34.8. The first-order valence-corrected chi connectivity index (χ1v) is 10.0. The van der Waals surface area contributed by atoms with E-state index in [1.54, 1.807) is 12.1 Å². The van der Waals surface area contributed by atoms with E-state index in [4.69, 9.17) is 0 Å². The summed E-state index contributed by atoms with van der Waals surface area (Å²) < 4.78 is 1.30. The highest BCUT2D eigenvalue weighted by Gasteiger charge is 2.23. The zero-order valence-corrected chi connectivity index (χ0v) is 17.3. The van der Waals surface area contributed by atoms with Gasteiger partial charge in [0.15, 0.2) is 5.65 Å². The van der Waals surface area contributed by atoms with E-state index in [1.165, 1.54) is 10.7 Å². The summed E-state index contributed by atoms with van der Waals surface area (Å²) in [5.74, 6) is -0.101. The topological polar surface area (TPSA) is 97.5 Å². The summed E-state index contributed by atoms with van der Waals surface area (Å²) in [7, 11) is 2.05. The van der Waals surface area contributed by atoms with Gasteiger partial charge in [-0.25, -0.2) is 9.50 Å². The van der Waals surface area contributed by atoms with Gasteiger partial charge in [0.05, 0.1) is 5.69 Å². The molecule has 1 saturated heterocycles. The van der Waals surface area contributed by atoms with Gasteiger partial charge < -0.3 is 9.80 Å². The number of nitrogens with zero attached hydrogens (tertiary/aromatic N) is 5. The number of carbonyl (C=O) groups is 1. The second-order valence-corrected chi connectivity index (χ2v) is 7.97. The maximum Gasteiger partial charge on any atom is 0.276 e. The normalized spacial score (nSPS) is 15.0. The average molecular weight is 404 g/mol. The number of piperazine rings is 1. The molecular formula is C22H24N6O2. The van der Waals surface area contributed by atoms with Crippen LogP contribution >= 0.6 is 0 Å². The Morgan fingerprint density at radius 3 is 2.63 bits per heavy atom. The number of benzene rings is 1. The molecule has 1 N–H and O–H groups in total. The summed E-state index contributed by atoms with van der Waals surface area (Å²) in [5.41, 5.74) is 2.68. The smallest absolute Gasteiger partial charge is 0.276 e.